The van der Waals surface area contributed by atoms with Crippen LogP contribution < -0.4 is 0 Å². The van der Waals surface area contributed by atoms with Gasteiger partial charge in [-0.25, -0.2) is 0 Å². The van der Waals surface area contributed by atoms with Gasteiger partial charge in [-0.2, -0.15) is 0 Å². The van der Waals surface area contributed by atoms with Crippen molar-refractivity contribution in [1.29, 1.82) is 0 Å². The molecule has 1 saturated heterocycles. The van der Waals surface area contributed by atoms with Crippen molar-refractivity contribution in [1.82, 2.24) is 4.90 Å². The normalized spacial score (nSPS) is 29.7. The number of nitrogens with zero attached hydrogens (tertiary/aromatic N) is 1. The number of ketones is 2. The predicted octanol–water partition coefficient (Wildman–Crippen LogP) is 2.61. The van der Waals surface area contributed by atoms with Crippen molar-refractivity contribution in [2.75, 3.05) is 6.54 Å². The summed E-state index contributed by atoms with van der Waals surface area (Å²) in [5, 5.41) is 9.48. The molecule has 1 aromatic heterocycles. The number of rotatable bonds is 4. The standard InChI is InChI=1S/C25H25NO6/c1-3-8-26-24(30)15-6-5-14-16(20(15)25(26)31)10-17-18(28)9-12(2)23(29)22(17)21(14)19-7-4-13(11-27)32-19/h4-5,7,9,15-16,20-21,27H,3,6,8,10-11H2,1-2H3/t15-,16+,20-,21+/m0/s1. The summed E-state index contributed by atoms with van der Waals surface area (Å²) < 4.78 is 5.84. The van der Waals surface area contributed by atoms with Gasteiger partial charge in [-0.15, -0.1) is 0 Å². The van der Waals surface area contributed by atoms with Crippen molar-refractivity contribution in [2.24, 2.45) is 17.8 Å². The Bertz CT molecular complexity index is 1150. The summed E-state index contributed by atoms with van der Waals surface area (Å²) in [5.74, 6) is -1.83. The Balaban J connectivity index is 1.65. The summed E-state index contributed by atoms with van der Waals surface area (Å²) in [5.41, 5.74) is 2.04. The number of hydrogen-bond acceptors (Lipinski definition) is 6. The molecular formula is C25H25NO6. The largest absolute Gasteiger partial charge is 0.463 e. The van der Waals surface area contributed by atoms with Crippen molar-refractivity contribution < 1.29 is 28.7 Å². The van der Waals surface area contributed by atoms with E-state index < -0.39 is 17.8 Å². The minimum Gasteiger partial charge on any atom is -0.463 e. The predicted molar refractivity (Wildman–Crippen MR) is 113 cm³/mol. The Hall–Kier alpha value is -3.06. The smallest absolute Gasteiger partial charge is 0.233 e. The summed E-state index contributed by atoms with van der Waals surface area (Å²) in [6, 6.07) is 3.36. The molecule has 2 heterocycles. The molecule has 0 spiro atoms. The van der Waals surface area contributed by atoms with Crippen LogP contribution in [-0.4, -0.2) is 39.9 Å². The number of allylic oxidation sites excluding steroid dienone is 6. The highest BCUT2D eigenvalue weighted by Crippen LogP contribution is 2.55. The first-order valence-electron chi connectivity index (χ1n) is 11.1. The van der Waals surface area contributed by atoms with Gasteiger partial charge in [0.1, 0.15) is 18.1 Å². The molecule has 7 heteroatoms. The second-order valence-electron chi connectivity index (χ2n) is 9.02. The maximum Gasteiger partial charge on any atom is 0.233 e. The number of imide groups is 1. The van der Waals surface area contributed by atoms with E-state index >= 15 is 0 Å². The van der Waals surface area contributed by atoms with Gasteiger partial charge in [0.2, 0.25) is 11.8 Å². The molecule has 0 aromatic carbocycles. The van der Waals surface area contributed by atoms with Crippen LogP contribution in [0.25, 0.3) is 0 Å². The molecule has 0 bridgehead atoms. The van der Waals surface area contributed by atoms with E-state index in [-0.39, 0.29) is 42.3 Å². The summed E-state index contributed by atoms with van der Waals surface area (Å²) in [7, 11) is 0. The van der Waals surface area contributed by atoms with Gasteiger partial charge in [-0.1, -0.05) is 18.6 Å². The van der Waals surface area contributed by atoms with Gasteiger partial charge >= 0.3 is 0 Å². The Morgan fingerprint density at radius 2 is 1.91 bits per heavy atom. The van der Waals surface area contributed by atoms with Gasteiger partial charge in [0, 0.05) is 23.3 Å². The Morgan fingerprint density at radius 1 is 1.12 bits per heavy atom. The zero-order valence-electron chi connectivity index (χ0n) is 18.1. The van der Waals surface area contributed by atoms with Crippen LogP contribution in [0.3, 0.4) is 0 Å². The van der Waals surface area contributed by atoms with Crippen LogP contribution >= 0.6 is 0 Å². The van der Waals surface area contributed by atoms with Crippen LogP contribution in [0, 0.1) is 17.8 Å². The van der Waals surface area contributed by atoms with Gasteiger partial charge in [0.15, 0.2) is 11.6 Å². The molecular weight excluding hydrogens is 410 g/mol. The molecule has 166 valence electrons. The van der Waals surface area contributed by atoms with E-state index in [0.717, 1.165) is 5.57 Å². The van der Waals surface area contributed by atoms with E-state index in [4.69, 9.17) is 4.42 Å². The van der Waals surface area contributed by atoms with Crippen LogP contribution in [-0.2, 0) is 25.8 Å². The van der Waals surface area contributed by atoms with E-state index in [1.165, 1.54) is 11.0 Å². The van der Waals surface area contributed by atoms with E-state index in [1.54, 1.807) is 19.1 Å². The minimum atomic E-state index is -0.603. The van der Waals surface area contributed by atoms with E-state index in [9.17, 15) is 24.3 Å². The summed E-state index contributed by atoms with van der Waals surface area (Å²) >= 11 is 0. The quantitative estimate of drug-likeness (QED) is 0.443. The molecule has 0 radical (unpaired) electrons. The minimum absolute atomic E-state index is 0.143. The summed E-state index contributed by atoms with van der Waals surface area (Å²) in [4.78, 5) is 53.7. The molecule has 2 amide bonds. The fourth-order valence-corrected chi connectivity index (χ4v) is 5.83. The zero-order chi connectivity index (χ0) is 22.7. The highest BCUT2D eigenvalue weighted by molar-refractivity contribution is 6.23. The van der Waals surface area contributed by atoms with Gasteiger partial charge in [0.25, 0.3) is 0 Å². The first-order chi connectivity index (χ1) is 15.4. The van der Waals surface area contributed by atoms with Crippen LogP contribution in [0.4, 0.5) is 0 Å². The lowest BCUT2D eigenvalue weighted by molar-refractivity contribution is -0.140. The average molecular weight is 435 g/mol. The fourth-order valence-electron chi connectivity index (χ4n) is 5.83. The number of carbonyl (C=O) groups is 4. The van der Waals surface area contributed by atoms with Crippen LogP contribution in [0.1, 0.15) is 50.5 Å². The first kappa shape index (κ1) is 20.8. The molecule has 1 aliphatic heterocycles. The number of likely N-dealkylation sites (tertiary alicyclic amines) is 1. The Morgan fingerprint density at radius 3 is 2.59 bits per heavy atom. The van der Waals surface area contributed by atoms with E-state index in [0.29, 0.717) is 47.6 Å². The van der Waals surface area contributed by atoms with Crippen LogP contribution in [0.2, 0.25) is 0 Å². The lowest BCUT2D eigenvalue weighted by atomic mass is 9.60. The number of aliphatic hydroxyl groups is 1. The van der Waals surface area contributed by atoms with Crippen molar-refractivity contribution in [2.45, 2.75) is 45.6 Å². The monoisotopic (exact) mass is 435 g/mol. The molecule has 0 unspecified atom stereocenters. The van der Waals surface area contributed by atoms with Crippen LogP contribution in [0.5, 0.6) is 0 Å². The molecule has 4 aliphatic rings. The number of carbonyl (C=O) groups excluding carboxylic acids is 4. The van der Waals surface area contributed by atoms with E-state index in [2.05, 4.69) is 0 Å². The number of amides is 2. The number of fused-ring (bicyclic) bond motifs is 3. The highest BCUT2D eigenvalue weighted by Gasteiger charge is 2.56. The molecule has 1 aromatic rings. The molecule has 4 atom stereocenters. The molecule has 0 saturated carbocycles. The van der Waals surface area contributed by atoms with Crippen molar-refractivity contribution >= 4 is 23.4 Å². The van der Waals surface area contributed by atoms with Crippen molar-refractivity contribution in [3.8, 4) is 0 Å². The maximum absolute atomic E-state index is 13.3. The topological polar surface area (TPSA) is 105 Å². The second kappa shape index (κ2) is 7.52. The first-order valence-corrected chi connectivity index (χ1v) is 11.1. The van der Waals surface area contributed by atoms with Gasteiger partial charge in [-0.3, -0.25) is 24.1 Å². The Labute approximate surface area is 185 Å². The maximum atomic E-state index is 13.3. The van der Waals surface area contributed by atoms with E-state index in [1.807, 2.05) is 13.0 Å². The Kier molecular flexibility index (Phi) is 4.89. The fraction of sp³-hybridized carbons (Fsp3) is 0.440. The lowest BCUT2D eigenvalue weighted by Crippen LogP contribution is -2.39. The number of Topliss-reactive ketones (excluding diaryl/α,β-unsaturated/α-hetero) is 1. The summed E-state index contributed by atoms with van der Waals surface area (Å²) in [6.45, 7) is 3.66. The lowest BCUT2D eigenvalue weighted by Gasteiger charge is -2.41. The molecule has 1 fully saturated rings. The zero-order valence-corrected chi connectivity index (χ0v) is 18.1. The molecule has 1 N–H and O–H groups in total. The number of furan rings is 1. The second-order valence-corrected chi connectivity index (χ2v) is 9.02. The third-order valence-corrected chi connectivity index (χ3v) is 7.23. The highest BCUT2D eigenvalue weighted by atomic mass is 16.4. The molecule has 7 nitrogen and oxygen atoms in total. The average Bonchev–Trinajstić information content (AvgIpc) is 3.35. The summed E-state index contributed by atoms with van der Waals surface area (Å²) in [6.07, 6.45) is 4.70. The number of aliphatic hydroxyl groups excluding tert-OH is 1. The van der Waals surface area contributed by atoms with Crippen LogP contribution in [0.15, 0.2) is 51.0 Å². The molecule has 5 rings (SSSR count). The third kappa shape index (κ3) is 2.84. The van der Waals surface area contributed by atoms with Gasteiger partial charge in [0.05, 0.1) is 17.8 Å². The number of hydrogen-bond donors (Lipinski definition) is 1. The van der Waals surface area contributed by atoms with Crippen molar-refractivity contribution in [3.63, 3.8) is 0 Å². The van der Waals surface area contributed by atoms with Crippen molar-refractivity contribution in [3.05, 3.63) is 58.1 Å². The van der Waals surface area contributed by atoms with Gasteiger partial charge < -0.3 is 9.52 Å². The third-order valence-electron chi connectivity index (χ3n) is 7.23. The molecule has 3 aliphatic carbocycles. The van der Waals surface area contributed by atoms with Gasteiger partial charge in [-0.05, 0) is 50.3 Å². The molecule has 32 heavy (non-hydrogen) atoms. The SMILES string of the molecule is CCCN1C(=O)[C@H]2[C@H](CC=C3[C@H](c4ccc(CO)o4)C4=C(C[C@H]32)C(=O)C=C(C)C4=O)C1=O.